The molecule has 0 radical (unpaired) electrons. The summed E-state index contributed by atoms with van der Waals surface area (Å²) < 4.78 is 5.56. The van der Waals surface area contributed by atoms with Crippen LogP contribution in [-0.4, -0.2) is 46.1 Å². The summed E-state index contributed by atoms with van der Waals surface area (Å²) in [5.74, 6) is -0.359. The minimum absolute atomic E-state index is 0.0524. The first kappa shape index (κ1) is 17.7. The summed E-state index contributed by atoms with van der Waals surface area (Å²) in [4.78, 5) is 17.9. The summed E-state index contributed by atoms with van der Waals surface area (Å²) in [5.41, 5.74) is 0.846. The Labute approximate surface area is 141 Å². The van der Waals surface area contributed by atoms with E-state index in [0.717, 1.165) is 23.0 Å². The first-order valence-corrected chi connectivity index (χ1v) is 8.75. The Morgan fingerprint density at radius 1 is 1.43 bits per heavy atom. The number of aliphatic imine (C=N–C) groups is 1. The van der Waals surface area contributed by atoms with E-state index in [1.807, 2.05) is 36.2 Å². The van der Waals surface area contributed by atoms with Gasteiger partial charge < -0.3 is 14.7 Å². The summed E-state index contributed by atoms with van der Waals surface area (Å²) in [7, 11) is 1.91. The number of nitrogens with zero attached hydrogens (tertiary/aromatic N) is 2. The van der Waals surface area contributed by atoms with E-state index in [1.165, 1.54) is 0 Å². The van der Waals surface area contributed by atoms with Gasteiger partial charge in [0.2, 0.25) is 0 Å². The molecule has 1 saturated heterocycles. The molecule has 23 heavy (non-hydrogen) atoms. The Morgan fingerprint density at radius 3 is 2.65 bits per heavy atom. The fourth-order valence-electron chi connectivity index (χ4n) is 2.70. The number of carbonyl (C=O) groups is 1. The van der Waals surface area contributed by atoms with E-state index in [2.05, 4.69) is 18.8 Å². The van der Waals surface area contributed by atoms with Crippen LogP contribution in [0.25, 0.3) is 0 Å². The normalized spacial score (nSPS) is 24.0. The zero-order valence-electron chi connectivity index (χ0n) is 14.0. The van der Waals surface area contributed by atoms with Gasteiger partial charge in [0.1, 0.15) is 5.75 Å². The molecule has 126 valence electrons. The van der Waals surface area contributed by atoms with E-state index in [-0.39, 0.29) is 11.3 Å². The monoisotopic (exact) mass is 336 g/mol. The molecule has 5 nitrogen and oxygen atoms in total. The molecule has 3 unspecified atom stereocenters. The standard InChI is InChI=1S/C17H24N2O3S/c1-5-10-22-14-8-6-13(7-9-14)18-17-19(4)15(12(3)23-17)11(2)16(20)21/h6-9,11-12,15H,5,10H2,1-4H3,(H,20,21). The van der Waals surface area contributed by atoms with Crippen LogP contribution in [0.15, 0.2) is 29.3 Å². The lowest BCUT2D eigenvalue weighted by Gasteiger charge is -2.26. The van der Waals surface area contributed by atoms with Crippen LogP contribution in [0, 0.1) is 5.92 Å². The molecule has 1 fully saturated rings. The minimum Gasteiger partial charge on any atom is -0.494 e. The van der Waals surface area contributed by atoms with Crippen LogP contribution in [0.2, 0.25) is 0 Å². The van der Waals surface area contributed by atoms with Crippen molar-refractivity contribution in [3.8, 4) is 5.75 Å². The van der Waals surface area contributed by atoms with Gasteiger partial charge in [-0.05, 0) is 37.6 Å². The number of hydrogen-bond acceptors (Lipinski definition) is 4. The highest BCUT2D eigenvalue weighted by molar-refractivity contribution is 8.14. The second kappa shape index (κ2) is 7.73. The van der Waals surface area contributed by atoms with Crippen LogP contribution in [0.3, 0.4) is 0 Å². The van der Waals surface area contributed by atoms with Crippen LogP contribution in [0.4, 0.5) is 5.69 Å². The highest BCUT2D eigenvalue weighted by Crippen LogP contribution is 2.35. The molecule has 1 aliphatic rings. The molecular weight excluding hydrogens is 312 g/mol. The average molecular weight is 336 g/mol. The zero-order valence-corrected chi connectivity index (χ0v) is 14.8. The molecule has 0 spiro atoms. The smallest absolute Gasteiger partial charge is 0.308 e. The maximum atomic E-state index is 11.3. The Bertz CT molecular complexity index is 574. The summed E-state index contributed by atoms with van der Waals surface area (Å²) in [5, 5.41) is 10.3. The van der Waals surface area contributed by atoms with E-state index < -0.39 is 11.9 Å². The SMILES string of the molecule is CCCOc1ccc(N=C2SC(C)C(C(C)C(=O)O)N2C)cc1. The molecule has 0 amide bonds. The van der Waals surface area contributed by atoms with Gasteiger partial charge in [0, 0.05) is 12.3 Å². The molecule has 0 aliphatic carbocycles. The van der Waals surface area contributed by atoms with Gasteiger partial charge >= 0.3 is 5.97 Å². The molecular formula is C17H24N2O3S. The summed E-state index contributed by atoms with van der Waals surface area (Å²) in [6.07, 6.45) is 0.979. The quantitative estimate of drug-likeness (QED) is 0.859. The molecule has 6 heteroatoms. The van der Waals surface area contributed by atoms with Crippen LogP contribution in [0.1, 0.15) is 27.2 Å². The van der Waals surface area contributed by atoms with Gasteiger partial charge in [-0.15, -0.1) is 0 Å². The van der Waals surface area contributed by atoms with Crippen molar-refractivity contribution in [2.75, 3.05) is 13.7 Å². The zero-order chi connectivity index (χ0) is 17.0. The summed E-state index contributed by atoms with van der Waals surface area (Å²) in [6, 6.07) is 7.62. The topological polar surface area (TPSA) is 62.1 Å². The molecule has 1 heterocycles. The van der Waals surface area contributed by atoms with E-state index >= 15 is 0 Å². The predicted molar refractivity (Wildman–Crippen MR) is 94.7 cm³/mol. The highest BCUT2D eigenvalue weighted by atomic mass is 32.2. The largest absolute Gasteiger partial charge is 0.494 e. The fourth-order valence-corrected chi connectivity index (χ4v) is 4.04. The van der Waals surface area contributed by atoms with Crippen LogP contribution >= 0.6 is 11.8 Å². The van der Waals surface area contributed by atoms with E-state index in [1.54, 1.807) is 18.7 Å². The van der Waals surface area contributed by atoms with Gasteiger partial charge in [-0.1, -0.05) is 25.6 Å². The number of rotatable bonds is 6. The summed E-state index contributed by atoms with van der Waals surface area (Å²) in [6.45, 7) is 6.58. The van der Waals surface area contributed by atoms with Gasteiger partial charge in [0.05, 0.1) is 24.3 Å². The van der Waals surface area contributed by atoms with Crippen LogP contribution in [0.5, 0.6) is 5.75 Å². The fraction of sp³-hybridized carbons (Fsp3) is 0.529. The van der Waals surface area contributed by atoms with Gasteiger partial charge in [-0.25, -0.2) is 4.99 Å². The Hall–Kier alpha value is -1.69. The van der Waals surface area contributed by atoms with Crippen molar-refractivity contribution in [1.82, 2.24) is 4.90 Å². The number of thioether (sulfide) groups is 1. The molecule has 0 bridgehead atoms. The first-order chi connectivity index (χ1) is 10.9. The third kappa shape index (κ3) is 4.19. The molecule has 1 aromatic rings. The van der Waals surface area contributed by atoms with Gasteiger partial charge in [-0.2, -0.15) is 0 Å². The van der Waals surface area contributed by atoms with Crippen molar-refractivity contribution in [2.45, 2.75) is 38.5 Å². The second-order valence-electron chi connectivity index (χ2n) is 5.79. The number of benzene rings is 1. The number of ether oxygens (including phenoxy) is 1. The number of amidine groups is 1. The Morgan fingerprint density at radius 2 is 2.09 bits per heavy atom. The molecule has 1 aliphatic heterocycles. The highest BCUT2D eigenvalue weighted by Gasteiger charge is 2.40. The van der Waals surface area contributed by atoms with E-state index in [9.17, 15) is 9.90 Å². The van der Waals surface area contributed by atoms with Gasteiger partial charge in [0.25, 0.3) is 0 Å². The lowest BCUT2D eigenvalue weighted by atomic mass is 9.99. The average Bonchev–Trinajstić information content (AvgIpc) is 2.80. The van der Waals surface area contributed by atoms with Crippen molar-refractivity contribution in [2.24, 2.45) is 10.9 Å². The molecule has 2 rings (SSSR count). The van der Waals surface area contributed by atoms with Crippen LogP contribution < -0.4 is 4.74 Å². The lowest BCUT2D eigenvalue weighted by molar-refractivity contribution is -0.142. The molecule has 1 N–H and O–H groups in total. The molecule has 0 aromatic heterocycles. The van der Waals surface area contributed by atoms with Crippen LogP contribution in [-0.2, 0) is 4.79 Å². The lowest BCUT2D eigenvalue weighted by Crippen LogP contribution is -2.41. The predicted octanol–water partition coefficient (Wildman–Crippen LogP) is 3.62. The van der Waals surface area contributed by atoms with Crippen molar-refractivity contribution >= 4 is 28.6 Å². The maximum Gasteiger partial charge on any atom is 0.308 e. The number of carboxylic acid groups (broad SMARTS) is 1. The minimum atomic E-state index is -0.770. The molecule has 1 aromatic carbocycles. The van der Waals surface area contributed by atoms with Crippen molar-refractivity contribution < 1.29 is 14.6 Å². The van der Waals surface area contributed by atoms with Crippen molar-refractivity contribution in [3.63, 3.8) is 0 Å². The Balaban J connectivity index is 2.12. The molecule has 3 atom stereocenters. The first-order valence-electron chi connectivity index (χ1n) is 7.88. The number of hydrogen-bond donors (Lipinski definition) is 1. The maximum absolute atomic E-state index is 11.3. The van der Waals surface area contributed by atoms with E-state index in [4.69, 9.17) is 4.74 Å². The number of carboxylic acids is 1. The van der Waals surface area contributed by atoms with E-state index in [0.29, 0.717) is 6.61 Å². The third-order valence-electron chi connectivity index (χ3n) is 3.96. The summed E-state index contributed by atoms with van der Waals surface area (Å²) >= 11 is 1.62. The Kier molecular flexibility index (Phi) is 5.93. The third-order valence-corrected chi connectivity index (χ3v) is 5.20. The van der Waals surface area contributed by atoms with Crippen molar-refractivity contribution in [3.05, 3.63) is 24.3 Å². The number of aliphatic carboxylic acids is 1. The second-order valence-corrected chi connectivity index (χ2v) is 7.13. The molecule has 0 saturated carbocycles. The van der Waals surface area contributed by atoms with Crippen molar-refractivity contribution in [1.29, 1.82) is 0 Å². The van der Waals surface area contributed by atoms with Gasteiger partial charge in [-0.3, -0.25) is 4.79 Å². The van der Waals surface area contributed by atoms with Gasteiger partial charge in [0.15, 0.2) is 5.17 Å².